The zero-order valence-corrected chi connectivity index (χ0v) is 11.2. The lowest BCUT2D eigenvalue weighted by Crippen LogP contribution is -2.31. The Bertz CT molecular complexity index is 124. The van der Waals surface area contributed by atoms with Crippen LogP contribution in [0.1, 0.15) is 52.4 Å². The van der Waals surface area contributed by atoms with Crippen LogP contribution in [0.15, 0.2) is 0 Å². The molecule has 0 aliphatic heterocycles. The quantitative estimate of drug-likeness (QED) is 0.563. The van der Waals surface area contributed by atoms with Gasteiger partial charge in [0.2, 0.25) is 0 Å². The molecule has 0 saturated carbocycles. The lowest BCUT2D eigenvalue weighted by atomic mass is 10.1. The summed E-state index contributed by atoms with van der Waals surface area (Å²) < 4.78 is 0. The van der Waals surface area contributed by atoms with Crippen molar-refractivity contribution in [2.45, 2.75) is 58.4 Å². The molecule has 0 saturated heterocycles. The standard InChI is InChI=1S/C13H30N2/c1-5-7-10-13(9-6-2)14-11-8-12-15(3)4/h13-14H,5-12H2,1-4H3. The van der Waals surface area contributed by atoms with E-state index < -0.39 is 0 Å². The Morgan fingerprint density at radius 1 is 1.00 bits per heavy atom. The molecule has 0 amide bonds. The third kappa shape index (κ3) is 10.2. The Balaban J connectivity index is 3.47. The molecule has 0 spiro atoms. The minimum atomic E-state index is 0.761. The van der Waals surface area contributed by atoms with Crippen LogP contribution in [-0.4, -0.2) is 38.1 Å². The van der Waals surface area contributed by atoms with E-state index in [0.717, 1.165) is 6.04 Å². The highest BCUT2D eigenvalue weighted by Crippen LogP contribution is 2.06. The van der Waals surface area contributed by atoms with Crippen LogP contribution in [0.3, 0.4) is 0 Å². The van der Waals surface area contributed by atoms with Crippen LogP contribution in [0, 0.1) is 0 Å². The predicted molar refractivity (Wildman–Crippen MR) is 69.4 cm³/mol. The fraction of sp³-hybridized carbons (Fsp3) is 1.00. The van der Waals surface area contributed by atoms with Gasteiger partial charge in [-0.3, -0.25) is 0 Å². The SMILES string of the molecule is CCCCC(CCC)NCCCN(C)C. The summed E-state index contributed by atoms with van der Waals surface area (Å²) in [5.41, 5.74) is 0. The second kappa shape index (κ2) is 10.4. The van der Waals surface area contributed by atoms with E-state index in [0.29, 0.717) is 0 Å². The van der Waals surface area contributed by atoms with Crippen molar-refractivity contribution in [1.82, 2.24) is 10.2 Å². The lowest BCUT2D eigenvalue weighted by Gasteiger charge is -2.18. The highest BCUT2D eigenvalue weighted by molar-refractivity contribution is 4.66. The van der Waals surface area contributed by atoms with E-state index in [9.17, 15) is 0 Å². The zero-order valence-electron chi connectivity index (χ0n) is 11.2. The van der Waals surface area contributed by atoms with Gasteiger partial charge in [0.15, 0.2) is 0 Å². The minimum absolute atomic E-state index is 0.761. The molecule has 0 heterocycles. The summed E-state index contributed by atoms with van der Waals surface area (Å²) in [5, 5.41) is 3.68. The number of nitrogens with zero attached hydrogens (tertiary/aromatic N) is 1. The van der Waals surface area contributed by atoms with Crippen molar-refractivity contribution in [3.63, 3.8) is 0 Å². The highest BCUT2D eigenvalue weighted by atomic mass is 15.1. The van der Waals surface area contributed by atoms with Gasteiger partial charge in [-0.05, 0) is 46.4 Å². The van der Waals surface area contributed by atoms with Crippen LogP contribution in [0.25, 0.3) is 0 Å². The zero-order chi connectivity index (χ0) is 11.5. The third-order valence-corrected chi connectivity index (χ3v) is 2.76. The molecule has 1 N–H and O–H groups in total. The Hall–Kier alpha value is -0.0800. The van der Waals surface area contributed by atoms with Crippen molar-refractivity contribution in [3.05, 3.63) is 0 Å². The van der Waals surface area contributed by atoms with Gasteiger partial charge in [0.05, 0.1) is 0 Å². The van der Waals surface area contributed by atoms with Gasteiger partial charge in [0, 0.05) is 6.04 Å². The monoisotopic (exact) mass is 214 g/mol. The first-order valence-corrected chi connectivity index (χ1v) is 6.58. The Kier molecular flexibility index (Phi) is 10.4. The summed E-state index contributed by atoms with van der Waals surface area (Å²) in [6.45, 7) is 6.92. The van der Waals surface area contributed by atoms with Crippen LogP contribution in [-0.2, 0) is 0 Å². The minimum Gasteiger partial charge on any atom is -0.314 e. The Morgan fingerprint density at radius 3 is 2.27 bits per heavy atom. The molecule has 15 heavy (non-hydrogen) atoms. The van der Waals surface area contributed by atoms with Gasteiger partial charge >= 0.3 is 0 Å². The number of hydrogen-bond acceptors (Lipinski definition) is 2. The molecule has 92 valence electrons. The maximum atomic E-state index is 3.68. The summed E-state index contributed by atoms with van der Waals surface area (Å²) in [6.07, 6.45) is 7.94. The Labute approximate surface area is 96.4 Å². The molecule has 1 unspecified atom stereocenters. The molecule has 0 aliphatic rings. The Morgan fingerprint density at radius 2 is 1.73 bits per heavy atom. The van der Waals surface area contributed by atoms with E-state index in [-0.39, 0.29) is 0 Å². The van der Waals surface area contributed by atoms with Crippen molar-refractivity contribution in [3.8, 4) is 0 Å². The summed E-state index contributed by atoms with van der Waals surface area (Å²) in [5.74, 6) is 0. The van der Waals surface area contributed by atoms with Gasteiger partial charge in [-0.15, -0.1) is 0 Å². The molecule has 0 aliphatic carbocycles. The number of rotatable bonds is 10. The number of unbranched alkanes of at least 4 members (excludes halogenated alkanes) is 1. The maximum Gasteiger partial charge on any atom is 0.00669 e. The van der Waals surface area contributed by atoms with Crippen LogP contribution < -0.4 is 5.32 Å². The van der Waals surface area contributed by atoms with E-state index in [4.69, 9.17) is 0 Å². The molecule has 0 aromatic heterocycles. The van der Waals surface area contributed by atoms with Crippen molar-refractivity contribution < 1.29 is 0 Å². The molecule has 0 rings (SSSR count). The van der Waals surface area contributed by atoms with Gasteiger partial charge in [-0.25, -0.2) is 0 Å². The predicted octanol–water partition coefficient (Wildman–Crippen LogP) is 2.89. The van der Waals surface area contributed by atoms with Crippen LogP contribution >= 0.6 is 0 Å². The molecular weight excluding hydrogens is 184 g/mol. The van der Waals surface area contributed by atoms with Crippen LogP contribution in [0.5, 0.6) is 0 Å². The van der Waals surface area contributed by atoms with E-state index >= 15 is 0 Å². The average molecular weight is 214 g/mol. The van der Waals surface area contributed by atoms with E-state index in [1.807, 2.05) is 0 Å². The number of nitrogens with one attached hydrogen (secondary N) is 1. The number of hydrogen-bond donors (Lipinski definition) is 1. The van der Waals surface area contributed by atoms with Gasteiger partial charge < -0.3 is 10.2 Å². The molecule has 2 nitrogen and oxygen atoms in total. The summed E-state index contributed by atoms with van der Waals surface area (Å²) >= 11 is 0. The van der Waals surface area contributed by atoms with Gasteiger partial charge in [0.1, 0.15) is 0 Å². The summed E-state index contributed by atoms with van der Waals surface area (Å²) in [6, 6.07) is 0.761. The molecular formula is C13H30N2. The molecule has 0 aromatic carbocycles. The van der Waals surface area contributed by atoms with Crippen molar-refractivity contribution in [2.75, 3.05) is 27.2 Å². The smallest absolute Gasteiger partial charge is 0.00669 e. The van der Waals surface area contributed by atoms with Gasteiger partial charge in [-0.1, -0.05) is 33.1 Å². The summed E-state index contributed by atoms with van der Waals surface area (Å²) in [7, 11) is 4.28. The van der Waals surface area contributed by atoms with Gasteiger partial charge in [-0.2, -0.15) is 0 Å². The first-order chi connectivity index (χ1) is 7.20. The van der Waals surface area contributed by atoms with Crippen LogP contribution in [0.4, 0.5) is 0 Å². The maximum absolute atomic E-state index is 3.68. The molecule has 0 fully saturated rings. The second-order valence-corrected chi connectivity index (χ2v) is 4.74. The first-order valence-electron chi connectivity index (χ1n) is 6.58. The second-order valence-electron chi connectivity index (χ2n) is 4.74. The van der Waals surface area contributed by atoms with Crippen LogP contribution in [0.2, 0.25) is 0 Å². The lowest BCUT2D eigenvalue weighted by molar-refractivity contribution is 0.374. The topological polar surface area (TPSA) is 15.3 Å². The van der Waals surface area contributed by atoms with Gasteiger partial charge in [0.25, 0.3) is 0 Å². The van der Waals surface area contributed by atoms with E-state index in [1.165, 1.54) is 51.6 Å². The van der Waals surface area contributed by atoms with Crippen molar-refractivity contribution in [2.24, 2.45) is 0 Å². The molecule has 1 atom stereocenters. The molecule has 2 heteroatoms. The average Bonchev–Trinajstić information content (AvgIpc) is 2.20. The van der Waals surface area contributed by atoms with E-state index in [2.05, 4.69) is 38.2 Å². The molecule has 0 radical (unpaired) electrons. The van der Waals surface area contributed by atoms with E-state index in [1.54, 1.807) is 0 Å². The highest BCUT2D eigenvalue weighted by Gasteiger charge is 2.05. The summed E-state index contributed by atoms with van der Waals surface area (Å²) in [4.78, 5) is 2.25. The largest absolute Gasteiger partial charge is 0.314 e. The molecule has 0 aromatic rings. The van der Waals surface area contributed by atoms with Crippen molar-refractivity contribution in [1.29, 1.82) is 0 Å². The normalized spacial score (nSPS) is 13.4. The fourth-order valence-corrected chi connectivity index (χ4v) is 1.85. The fourth-order valence-electron chi connectivity index (χ4n) is 1.85. The van der Waals surface area contributed by atoms with Crippen molar-refractivity contribution >= 4 is 0 Å². The first kappa shape index (κ1) is 14.9. The third-order valence-electron chi connectivity index (χ3n) is 2.76. The molecule has 0 bridgehead atoms.